The molecular weight excluding hydrogens is 250 g/mol. The Morgan fingerprint density at radius 2 is 1.94 bits per heavy atom. The van der Waals surface area contributed by atoms with Gasteiger partial charge in [0.05, 0.1) is 6.04 Å². The highest BCUT2D eigenvalue weighted by molar-refractivity contribution is 7.98. The van der Waals surface area contributed by atoms with Gasteiger partial charge in [0.1, 0.15) is 0 Å². The summed E-state index contributed by atoms with van der Waals surface area (Å²) in [7, 11) is 0. The molecule has 0 aromatic rings. The molecule has 0 saturated heterocycles. The number of hydrogen-bond donors (Lipinski definition) is 3. The van der Waals surface area contributed by atoms with Crippen molar-refractivity contribution in [3.05, 3.63) is 0 Å². The van der Waals surface area contributed by atoms with Gasteiger partial charge in [-0.25, -0.2) is 0 Å². The van der Waals surface area contributed by atoms with Crippen LogP contribution >= 0.6 is 11.8 Å². The Hall–Kier alpha value is -0.750. The quantitative estimate of drug-likeness (QED) is 0.645. The molecule has 1 fully saturated rings. The van der Waals surface area contributed by atoms with E-state index in [4.69, 9.17) is 11.5 Å². The first-order valence-electron chi connectivity index (χ1n) is 6.38. The van der Waals surface area contributed by atoms with Crippen LogP contribution in [0.2, 0.25) is 0 Å². The Labute approximate surface area is 112 Å². The first kappa shape index (κ1) is 15.3. The smallest absolute Gasteiger partial charge is 0.237 e. The lowest BCUT2D eigenvalue weighted by molar-refractivity contribution is -0.124. The van der Waals surface area contributed by atoms with E-state index in [9.17, 15) is 9.59 Å². The van der Waals surface area contributed by atoms with Crippen LogP contribution < -0.4 is 16.8 Å². The summed E-state index contributed by atoms with van der Waals surface area (Å²) in [6, 6.07) is -0.278. The van der Waals surface area contributed by atoms with E-state index in [-0.39, 0.29) is 23.8 Å². The molecule has 5 nitrogen and oxygen atoms in total. The lowest BCUT2D eigenvalue weighted by atomic mass is 9.85. The molecule has 6 heteroatoms. The van der Waals surface area contributed by atoms with Crippen molar-refractivity contribution in [3.63, 3.8) is 0 Å². The van der Waals surface area contributed by atoms with E-state index in [1.54, 1.807) is 11.8 Å². The van der Waals surface area contributed by atoms with E-state index in [0.29, 0.717) is 6.42 Å². The Kier molecular flexibility index (Phi) is 6.49. The fourth-order valence-corrected chi connectivity index (χ4v) is 2.70. The molecule has 0 bridgehead atoms. The highest BCUT2D eigenvalue weighted by atomic mass is 32.2. The number of hydrogen-bond acceptors (Lipinski definition) is 4. The Morgan fingerprint density at radius 3 is 2.44 bits per heavy atom. The normalized spacial score (nSPS) is 25.4. The van der Waals surface area contributed by atoms with E-state index in [2.05, 4.69) is 5.32 Å². The van der Waals surface area contributed by atoms with Crippen LogP contribution in [0.4, 0.5) is 0 Å². The average Bonchev–Trinajstić information content (AvgIpc) is 2.36. The van der Waals surface area contributed by atoms with Gasteiger partial charge in [0.2, 0.25) is 11.8 Å². The summed E-state index contributed by atoms with van der Waals surface area (Å²) in [6.07, 6.45) is 5.85. The molecule has 0 unspecified atom stereocenters. The minimum absolute atomic E-state index is 0.0247. The van der Waals surface area contributed by atoms with Gasteiger partial charge in [-0.3, -0.25) is 9.59 Å². The summed E-state index contributed by atoms with van der Waals surface area (Å²) in [5.74, 6) is 0.564. The number of amides is 2. The van der Waals surface area contributed by atoms with Gasteiger partial charge in [-0.1, -0.05) is 0 Å². The molecule has 5 N–H and O–H groups in total. The standard InChI is InChI=1S/C12H23N3O2S/c1-18-7-6-10(13)12(17)15-9-4-2-8(3-5-9)11(14)16/h8-10H,2-7,13H2,1H3,(H2,14,16)(H,15,17)/t8?,9?,10-/m1/s1. The number of nitrogens with two attached hydrogens (primary N) is 2. The van der Waals surface area contributed by atoms with E-state index < -0.39 is 6.04 Å². The van der Waals surface area contributed by atoms with Crippen molar-refractivity contribution in [2.75, 3.05) is 12.0 Å². The highest BCUT2D eigenvalue weighted by Crippen LogP contribution is 2.23. The van der Waals surface area contributed by atoms with Crippen molar-refractivity contribution in [1.82, 2.24) is 5.32 Å². The van der Waals surface area contributed by atoms with Crippen LogP contribution in [0.25, 0.3) is 0 Å². The van der Waals surface area contributed by atoms with Crippen LogP contribution in [0.3, 0.4) is 0 Å². The van der Waals surface area contributed by atoms with Gasteiger partial charge >= 0.3 is 0 Å². The van der Waals surface area contributed by atoms with E-state index in [1.165, 1.54) is 0 Å². The zero-order valence-corrected chi connectivity index (χ0v) is 11.7. The number of primary amides is 1. The average molecular weight is 273 g/mol. The minimum Gasteiger partial charge on any atom is -0.369 e. The van der Waals surface area contributed by atoms with Gasteiger partial charge < -0.3 is 16.8 Å². The minimum atomic E-state index is -0.425. The van der Waals surface area contributed by atoms with Crippen molar-refractivity contribution < 1.29 is 9.59 Å². The van der Waals surface area contributed by atoms with Crippen LogP contribution in [0, 0.1) is 5.92 Å². The van der Waals surface area contributed by atoms with Crippen LogP contribution in [-0.2, 0) is 9.59 Å². The van der Waals surface area contributed by atoms with Gasteiger partial charge in [0.15, 0.2) is 0 Å². The van der Waals surface area contributed by atoms with Crippen molar-refractivity contribution in [2.24, 2.45) is 17.4 Å². The molecule has 104 valence electrons. The molecular formula is C12H23N3O2S. The molecule has 0 radical (unpaired) electrons. The maximum Gasteiger partial charge on any atom is 0.237 e. The fourth-order valence-electron chi connectivity index (χ4n) is 2.21. The summed E-state index contributed by atoms with van der Waals surface area (Å²) in [6.45, 7) is 0. The molecule has 0 aliphatic heterocycles. The lowest BCUT2D eigenvalue weighted by Gasteiger charge is -2.28. The summed E-state index contributed by atoms with van der Waals surface area (Å²) >= 11 is 1.69. The van der Waals surface area contributed by atoms with Crippen LogP contribution in [0.5, 0.6) is 0 Å². The molecule has 1 atom stereocenters. The van der Waals surface area contributed by atoms with Crippen molar-refractivity contribution >= 4 is 23.6 Å². The Morgan fingerprint density at radius 1 is 1.33 bits per heavy atom. The van der Waals surface area contributed by atoms with Crippen LogP contribution in [-0.4, -0.2) is 35.9 Å². The van der Waals surface area contributed by atoms with E-state index >= 15 is 0 Å². The third kappa shape index (κ3) is 4.86. The Balaban J connectivity index is 2.27. The second-order valence-electron chi connectivity index (χ2n) is 4.85. The molecule has 1 aliphatic rings. The number of carbonyl (C=O) groups excluding carboxylic acids is 2. The molecule has 2 amide bonds. The molecule has 0 heterocycles. The third-order valence-corrected chi connectivity index (χ3v) is 4.09. The SMILES string of the molecule is CSCC[C@@H](N)C(=O)NC1CCC(C(N)=O)CC1. The predicted molar refractivity (Wildman–Crippen MR) is 74.1 cm³/mol. The van der Waals surface area contributed by atoms with E-state index in [0.717, 1.165) is 31.4 Å². The number of thioether (sulfide) groups is 1. The molecule has 0 aromatic carbocycles. The topological polar surface area (TPSA) is 98.2 Å². The summed E-state index contributed by atoms with van der Waals surface area (Å²) in [4.78, 5) is 22.8. The maximum atomic E-state index is 11.8. The van der Waals surface area contributed by atoms with Crippen LogP contribution in [0.1, 0.15) is 32.1 Å². The number of carbonyl (C=O) groups is 2. The molecule has 0 spiro atoms. The molecule has 1 aliphatic carbocycles. The monoisotopic (exact) mass is 273 g/mol. The molecule has 18 heavy (non-hydrogen) atoms. The molecule has 1 saturated carbocycles. The predicted octanol–water partition coefficient (Wildman–Crippen LogP) is 0.227. The first-order valence-corrected chi connectivity index (χ1v) is 7.78. The lowest BCUT2D eigenvalue weighted by Crippen LogP contribution is -2.47. The third-order valence-electron chi connectivity index (χ3n) is 3.45. The van der Waals surface area contributed by atoms with Crippen molar-refractivity contribution in [3.8, 4) is 0 Å². The van der Waals surface area contributed by atoms with Gasteiger partial charge in [-0.15, -0.1) is 0 Å². The zero-order valence-electron chi connectivity index (χ0n) is 10.9. The zero-order chi connectivity index (χ0) is 13.5. The van der Waals surface area contributed by atoms with Crippen molar-refractivity contribution in [2.45, 2.75) is 44.2 Å². The second-order valence-corrected chi connectivity index (χ2v) is 5.83. The summed E-state index contributed by atoms with van der Waals surface area (Å²) in [5.41, 5.74) is 11.1. The van der Waals surface area contributed by atoms with Gasteiger partial charge in [0, 0.05) is 12.0 Å². The van der Waals surface area contributed by atoms with Gasteiger partial charge in [0.25, 0.3) is 0 Å². The molecule has 0 aromatic heterocycles. The summed E-state index contributed by atoms with van der Waals surface area (Å²) < 4.78 is 0. The highest BCUT2D eigenvalue weighted by Gasteiger charge is 2.26. The summed E-state index contributed by atoms with van der Waals surface area (Å²) in [5, 5.41) is 2.96. The number of rotatable bonds is 6. The van der Waals surface area contributed by atoms with E-state index in [1.807, 2.05) is 6.26 Å². The first-order chi connectivity index (χ1) is 8.54. The Bertz CT molecular complexity index is 291. The largest absolute Gasteiger partial charge is 0.369 e. The van der Waals surface area contributed by atoms with Crippen LogP contribution in [0.15, 0.2) is 0 Å². The van der Waals surface area contributed by atoms with Crippen molar-refractivity contribution in [1.29, 1.82) is 0 Å². The van der Waals surface area contributed by atoms with Gasteiger partial charge in [-0.05, 0) is 44.1 Å². The number of nitrogens with one attached hydrogen (secondary N) is 1. The van der Waals surface area contributed by atoms with Gasteiger partial charge in [-0.2, -0.15) is 11.8 Å². The fraction of sp³-hybridized carbons (Fsp3) is 0.833. The maximum absolute atomic E-state index is 11.8. The second kappa shape index (κ2) is 7.63. The molecule has 1 rings (SSSR count).